The lowest BCUT2D eigenvalue weighted by atomic mass is 9.66. The summed E-state index contributed by atoms with van der Waals surface area (Å²) >= 11 is 0. The quantitative estimate of drug-likeness (QED) is 0.434. The Kier molecular flexibility index (Phi) is 7.24. The van der Waals surface area contributed by atoms with Gasteiger partial charge in [-0.2, -0.15) is 0 Å². The van der Waals surface area contributed by atoms with Gasteiger partial charge in [0.05, 0.1) is 44.0 Å². The van der Waals surface area contributed by atoms with Crippen molar-refractivity contribution >= 4 is 17.8 Å². The molecule has 6 atom stereocenters. The minimum absolute atomic E-state index is 0.0818. The lowest BCUT2D eigenvalue weighted by molar-refractivity contribution is -0.160. The molecule has 34 heavy (non-hydrogen) atoms. The van der Waals surface area contributed by atoms with Gasteiger partial charge in [-0.25, -0.2) is 0 Å². The van der Waals surface area contributed by atoms with E-state index in [1.165, 1.54) is 4.90 Å². The van der Waals surface area contributed by atoms with Gasteiger partial charge in [-0.05, 0) is 32.6 Å². The first-order chi connectivity index (χ1) is 16.2. The number of hydrogen-bond donors (Lipinski definition) is 2. The maximum Gasteiger partial charge on any atom is 0.312 e. The zero-order valence-electron chi connectivity index (χ0n) is 20.7. The van der Waals surface area contributed by atoms with E-state index in [1.807, 2.05) is 20.8 Å². The Hall–Kier alpha value is -1.75. The van der Waals surface area contributed by atoms with Crippen LogP contribution in [-0.2, 0) is 28.6 Å². The number of nitrogens with zero attached hydrogens (tertiary/aromatic N) is 2. The first-order valence-electron chi connectivity index (χ1n) is 12.6. The highest BCUT2D eigenvalue weighted by Gasteiger charge is 2.78. The summed E-state index contributed by atoms with van der Waals surface area (Å²) in [6, 6.07) is -1.46. The minimum Gasteiger partial charge on any atom is -0.466 e. The molecule has 192 valence electrons. The van der Waals surface area contributed by atoms with Crippen LogP contribution in [0.1, 0.15) is 40.5 Å². The van der Waals surface area contributed by atoms with Crippen molar-refractivity contribution in [2.45, 2.75) is 63.8 Å². The Labute approximate surface area is 201 Å². The topological polar surface area (TPSA) is 118 Å². The number of carbonyl (C=O) groups is 3. The molecule has 4 fully saturated rings. The Morgan fingerprint density at radius 2 is 1.97 bits per heavy atom. The maximum atomic E-state index is 13.9. The molecule has 0 saturated carbocycles. The number of nitrogens with one attached hydrogen (secondary N) is 1. The third-order valence-corrected chi connectivity index (χ3v) is 8.15. The molecule has 10 heteroatoms. The summed E-state index contributed by atoms with van der Waals surface area (Å²) in [4.78, 5) is 44.3. The lowest BCUT2D eigenvalue weighted by Crippen LogP contribution is -2.59. The highest BCUT2D eigenvalue weighted by Crippen LogP contribution is 2.63. The second-order valence-corrected chi connectivity index (χ2v) is 10.5. The van der Waals surface area contributed by atoms with Gasteiger partial charge >= 0.3 is 5.97 Å². The summed E-state index contributed by atoms with van der Waals surface area (Å²) in [6.07, 6.45) is 1.07. The molecule has 4 aliphatic rings. The molecule has 4 heterocycles. The van der Waals surface area contributed by atoms with E-state index in [1.54, 1.807) is 6.92 Å². The molecule has 0 aromatic heterocycles. The molecule has 0 aromatic rings. The van der Waals surface area contributed by atoms with Crippen LogP contribution in [0.15, 0.2) is 0 Å². The van der Waals surface area contributed by atoms with E-state index in [0.717, 1.165) is 13.1 Å². The van der Waals surface area contributed by atoms with Gasteiger partial charge in [0.25, 0.3) is 0 Å². The fourth-order valence-electron chi connectivity index (χ4n) is 6.49. The summed E-state index contributed by atoms with van der Waals surface area (Å²) in [6.45, 7) is 11.5. The fraction of sp³-hybridized carbons (Fsp3) is 0.875. The highest BCUT2D eigenvalue weighted by molar-refractivity contribution is 5.98. The first kappa shape index (κ1) is 25.3. The summed E-state index contributed by atoms with van der Waals surface area (Å²) in [7, 11) is 0. The van der Waals surface area contributed by atoms with Crippen molar-refractivity contribution in [2.75, 3.05) is 52.6 Å². The van der Waals surface area contributed by atoms with Crippen LogP contribution in [-0.4, -0.2) is 109 Å². The van der Waals surface area contributed by atoms with Gasteiger partial charge in [-0.15, -0.1) is 0 Å². The third kappa shape index (κ3) is 4.02. The lowest BCUT2D eigenvalue weighted by Gasteiger charge is -2.38. The van der Waals surface area contributed by atoms with Gasteiger partial charge in [-0.1, -0.05) is 13.8 Å². The van der Waals surface area contributed by atoms with E-state index in [2.05, 4.69) is 10.2 Å². The fourth-order valence-corrected chi connectivity index (χ4v) is 6.49. The molecule has 2 N–H and O–H groups in total. The Balaban J connectivity index is 1.62. The number of aliphatic hydroxyl groups excluding tert-OH is 1. The summed E-state index contributed by atoms with van der Waals surface area (Å²) in [5, 5.41) is 13.2. The van der Waals surface area contributed by atoms with E-state index in [4.69, 9.17) is 14.2 Å². The minimum atomic E-state index is -1.10. The van der Waals surface area contributed by atoms with E-state index in [-0.39, 0.29) is 30.9 Å². The number of morpholine rings is 1. The van der Waals surface area contributed by atoms with Gasteiger partial charge in [0.1, 0.15) is 17.6 Å². The Bertz CT molecular complexity index is 801. The summed E-state index contributed by atoms with van der Waals surface area (Å²) < 4.78 is 17.2. The molecular formula is C24H39N3O7. The zero-order valence-corrected chi connectivity index (χ0v) is 20.7. The highest BCUT2D eigenvalue weighted by atomic mass is 16.6. The summed E-state index contributed by atoms with van der Waals surface area (Å²) in [5.41, 5.74) is -1.95. The largest absolute Gasteiger partial charge is 0.466 e. The van der Waals surface area contributed by atoms with Gasteiger partial charge in [-0.3, -0.25) is 19.3 Å². The number of esters is 1. The SMILES string of the molecule is CCOC(=O)[C@@H]1[C@H]2C(=O)N([C@@H](CO)C(C)C)C(C(=O)NCCN3CCOCC3)C23CC[C@@]1(C)O3. The van der Waals surface area contributed by atoms with E-state index in [9.17, 15) is 19.5 Å². The van der Waals surface area contributed by atoms with E-state index in [0.29, 0.717) is 39.1 Å². The normalized spacial score (nSPS) is 36.1. The predicted molar refractivity (Wildman–Crippen MR) is 122 cm³/mol. The van der Waals surface area contributed by atoms with E-state index < -0.39 is 41.1 Å². The molecule has 2 bridgehead atoms. The number of aliphatic hydroxyl groups is 1. The average Bonchev–Trinajstić information content (AvgIpc) is 3.36. The second kappa shape index (κ2) is 9.72. The molecule has 2 unspecified atom stereocenters. The van der Waals surface area contributed by atoms with Gasteiger partial charge in [0.2, 0.25) is 11.8 Å². The van der Waals surface area contributed by atoms with Gasteiger partial charge < -0.3 is 29.5 Å². The van der Waals surface area contributed by atoms with Crippen molar-refractivity contribution in [3.63, 3.8) is 0 Å². The molecule has 4 rings (SSSR count). The molecule has 1 spiro atoms. The molecule has 0 aliphatic carbocycles. The van der Waals surface area contributed by atoms with Gasteiger partial charge in [0.15, 0.2) is 0 Å². The third-order valence-electron chi connectivity index (χ3n) is 8.15. The second-order valence-electron chi connectivity index (χ2n) is 10.5. The zero-order chi connectivity index (χ0) is 24.7. The number of ether oxygens (including phenoxy) is 3. The van der Waals surface area contributed by atoms with Crippen molar-refractivity contribution < 1.29 is 33.7 Å². The van der Waals surface area contributed by atoms with Crippen molar-refractivity contribution in [3.05, 3.63) is 0 Å². The number of carbonyl (C=O) groups excluding carboxylic acids is 3. The number of amides is 2. The monoisotopic (exact) mass is 481 g/mol. The van der Waals surface area contributed by atoms with Crippen LogP contribution in [0.2, 0.25) is 0 Å². The van der Waals surface area contributed by atoms with Crippen LogP contribution in [0.3, 0.4) is 0 Å². The standard InChI is InChI=1S/C24H39N3O7/c1-5-33-22(31)18-17-21(30)27(16(14-28)15(2)3)19(24(17)7-6-23(18,4)34-24)20(29)25-8-9-26-10-12-32-13-11-26/h15-19,28H,5-14H2,1-4H3,(H,25,29)/t16-,17-,18-,19?,23+,24?/m0/s1. The van der Waals surface area contributed by atoms with Crippen molar-refractivity contribution in [1.29, 1.82) is 0 Å². The number of rotatable bonds is 9. The first-order valence-corrected chi connectivity index (χ1v) is 12.6. The van der Waals surface area contributed by atoms with Crippen LogP contribution in [0.5, 0.6) is 0 Å². The summed E-state index contributed by atoms with van der Waals surface area (Å²) in [5.74, 6) is -2.70. The number of likely N-dealkylation sites (tertiary alicyclic amines) is 1. The molecule has 2 amide bonds. The maximum absolute atomic E-state index is 13.9. The van der Waals surface area contributed by atoms with Crippen LogP contribution in [0, 0.1) is 17.8 Å². The smallest absolute Gasteiger partial charge is 0.312 e. The van der Waals surface area contributed by atoms with Crippen molar-refractivity contribution in [3.8, 4) is 0 Å². The van der Waals surface area contributed by atoms with Crippen molar-refractivity contribution in [2.24, 2.45) is 17.8 Å². The van der Waals surface area contributed by atoms with Crippen molar-refractivity contribution in [1.82, 2.24) is 15.1 Å². The molecule has 4 aliphatic heterocycles. The molecule has 0 radical (unpaired) electrons. The van der Waals surface area contributed by atoms with Crippen LogP contribution in [0.4, 0.5) is 0 Å². The Morgan fingerprint density at radius 1 is 1.26 bits per heavy atom. The number of hydrogen-bond acceptors (Lipinski definition) is 8. The van der Waals surface area contributed by atoms with Crippen LogP contribution in [0.25, 0.3) is 0 Å². The average molecular weight is 482 g/mol. The molecular weight excluding hydrogens is 442 g/mol. The number of fused-ring (bicyclic) bond motifs is 1. The van der Waals surface area contributed by atoms with Crippen LogP contribution >= 0.6 is 0 Å². The molecule has 4 saturated heterocycles. The Morgan fingerprint density at radius 3 is 2.59 bits per heavy atom. The molecule has 10 nitrogen and oxygen atoms in total. The van der Waals surface area contributed by atoms with Crippen LogP contribution < -0.4 is 5.32 Å². The predicted octanol–water partition coefficient (Wildman–Crippen LogP) is -0.220. The van der Waals surface area contributed by atoms with E-state index >= 15 is 0 Å². The van der Waals surface area contributed by atoms with Gasteiger partial charge in [0, 0.05) is 26.2 Å². The molecule has 0 aromatic carbocycles.